The lowest BCUT2D eigenvalue weighted by molar-refractivity contribution is 0.627. The molecule has 2 rings (SSSR count). The molecule has 1 N–H and O–H groups in total. The molecule has 12 heavy (non-hydrogen) atoms. The molecule has 1 unspecified atom stereocenters. The molecule has 0 aromatic carbocycles. The van der Waals surface area contributed by atoms with Gasteiger partial charge in [0.05, 0.1) is 10.0 Å². The van der Waals surface area contributed by atoms with E-state index in [2.05, 4.69) is 32.9 Å². The van der Waals surface area contributed by atoms with Gasteiger partial charge in [-0.1, -0.05) is 12.2 Å². The van der Waals surface area contributed by atoms with Crippen molar-refractivity contribution in [1.82, 2.24) is 5.32 Å². The number of allylic oxidation sites excluding steroid dienone is 2. The largest absolute Gasteiger partial charge is 0.341 e. The minimum absolute atomic E-state index is 0.136. The van der Waals surface area contributed by atoms with Crippen LogP contribution in [0.2, 0.25) is 0 Å². The minimum atomic E-state index is -0.198. The van der Waals surface area contributed by atoms with Crippen molar-refractivity contribution < 1.29 is 4.39 Å². The monoisotopic (exact) mass is 276 g/mol. The first-order chi connectivity index (χ1) is 5.79. The Hall–Kier alpha value is -0.650. The van der Waals surface area contributed by atoms with E-state index in [0.29, 0.717) is 5.57 Å². The van der Waals surface area contributed by atoms with E-state index in [9.17, 15) is 4.39 Å². The summed E-state index contributed by atoms with van der Waals surface area (Å²) < 4.78 is 14.0. The number of nitrogens with one attached hydrogen (secondary N) is 1. The molecule has 4 heteroatoms. The molecule has 0 amide bonds. The van der Waals surface area contributed by atoms with Gasteiger partial charge in [-0.05, 0) is 28.7 Å². The number of rotatable bonds is 0. The van der Waals surface area contributed by atoms with E-state index in [1.807, 2.05) is 6.08 Å². The molecule has 1 aliphatic heterocycles. The summed E-state index contributed by atoms with van der Waals surface area (Å²) in [5.41, 5.74) is 0.639. The number of hydrogen-bond donors (Lipinski definition) is 1. The first-order valence-corrected chi connectivity index (χ1v) is 4.59. The number of halogens is 2. The molecular formula is C8H6FIN2. The second-order valence-corrected chi connectivity index (χ2v) is 3.57. The molecule has 2 nitrogen and oxygen atoms in total. The summed E-state index contributed by atoms with van der Waals surface area (Å²) in [6, 6.07) is -0.136. The fraction of sp³-hybridized carbons (Fsp3) is 0.125. The molecule has 1 atom stereocenters. The molecule has 0 aromatic heterocycles. The molecule has 0 aromatic rings. The van der Waals surface area contributed by atoms with Gasteiger partial charge in [-0.15, -0.1) is 0 Å². The summed E-state index contributed by atoms with van der Waals surface area (Å²) in [6.07, 6.45) is 6.61. The van der Waals surface area contributed by atoms with E-state index in [-0.39, 0.29) is 11.9 Å². The maximum Gasteiger partial charge on any atom is 0.131 e. The molecule has 0 spiro atoms. The van der Waals surface area contributed by atoms with E-state index in [4.69, 9.17) is 0 Å². The summed E-state index contributed by atoms with van der Waals surface area (Å²) in [6.45, 7) is 0. The van der Waals surface area contributed by atoms with Gasteiger partial charge in [0, 0.05) is 5.57 Å². The van der Waals surface area contributed by atoms with Gasteiger partial charge in [0.25, 0.3) is 0 Å². The Morgan fingerprint density at radius 3 is 3.17 bits per heavy atom. The summed E-state index contributed by atoms with van der Waals surface area (Å²) in [4.78, 5) is 4.09. The Morgan fingerprint density at radius 2 is 2.42 bits per heavy atom. The third-order valence-corrected chi connectivity index (χ3v) is 2.64. The highest BCUT2D eigenvalue weighted by Gasteiger charge is 2.22. The van der Waals surface area contributed by atoms with Crippen LogP contribution >= 0.6 is 22.6 Å². The van der Waals surface area contributed by atoms with Crippen LogP contribution in [0.5, 0.6) is 0 Å². The van der Waals surface area contributed by atoms with Crippen molar-refractivity contribution in [2.24, 2.45) is 4.99 Å². The second-order valence-electron chi connectivity index (χ2n) is 2.49. The smallest absolute Gasteiger partial charge is 0.131 e. The highest BCUT2D eigenvalue weighted by atomic mass is 127. The van der Waals surface area contributed by atoms with E-state index >= 15 is 0 Å². The number of aliphatic imine (C=N–C) groups is 1. The van der Waals surface area contributed by atoms with Gasteiger partial charge >= 0.3 is 0 Å². The Kier molecular flexibility index (Phi) is 2.00. The molecular weight excluding hydrogens is 270 g/mol. The molecule has 0 fully saturated rings. The third-order valence-electron chi connectivity index (χ3n) is 1.75. The van der Waals surface area contributed by atoms with Crippen LogP contribution in [0.1, 0.15) is 0 Å². The normalized spacial score (nSPS) is 26.5. The van der Waals surface area contributed by atoms with Crippen molar-refractivity contribution in [3.63, 3.8) is 0 Å². The molecule has 0 bridgehead atoms. The van der Waals surface area contributed by atoms with Gasteiger partial charge in [-0.3, -0.25) is 4.99 Å². The Morgan fingerprint density at radius 1 is 1.58 bits per heavy atom. The van der Waals surface area contributed by atoms with Crippen LogP contribution < -0.4 is 5.32 Å². The third kappa shape index (κ3) is 1.20. The standard InChI is InChI=1S/C8H6FIN2/c9-5-2-1-3-6-7(5)8(10)12-4-11-6/h1-4,6H,(H,11,12). The minimum Gasteiger partial charge on any atom is -0.341 e. The van der Waals surface area contributed by atoms with Gasteiger partial charge in [-0.2, -0.15) is 0 Å². The zero-order valence-corrected chi connectivity index (χ0v) is 8.25. The first-order valence-electron chi connectivity index (χ1n) is 3.51. The van der Waals surface area contributed by atoms with Gasteiger partial charge in [0.2, 0.25) is 0 Å². The van der Waals surface area contributed by atoms with Gasteiger partial charge in [0.15, 0.2) is 0 Å². The highest BCUT2D eigenvalue weighted by molar-refractivity contribution is 14.1. The van der Waals surface area contributed by atoms with E-state index in [0.717, 1.165) is 3.70 Å². The summed E-state index contributed by atoms with van der Waals surface area (Å²) in [7, 11) is 0. The maximum absolute atomic E-state index is 13.2. The van der Waals surface area contributed by atoms with Gasteiger partial charge in [0.1, 0.15) is 11.9 Å². The van der Waals surface area contributed by atoms with Crippen LogP contribution in [0.3, 0.4) is 0 Å². The van der Waals surface area contributed by atoms with E-state index < -0.39 is 0 Å². The van der Waals surface area contributed by atoms with Crippen molar-refractivity contribution in [3.8, 4) is 0 Å². The lowest BCUT2D eigenvalue weighted by Crippen LogP contribution is -2.22. The number of fused-ring (bicyclic) bond motifs is 1. The van der Waals surface area contributed by atoms with Crippen LogP contribution in [0, 0.1) is 0 Å². The Bertz CT molecular complexity index is 328. The molecule has 0 saturated carbocycles. The zero-order chi connectivity index (χ0) is 8.55. The molecule has 0 saturated heterocycles. The summed E-state index contributed by atoms with van der Waals surface area (Å²) in [5.74, 6) is -0.198. The van der Waals surface area contributed by atoms with Crippen molar-refractivity contribution in [3.05, 3.63) is 33.3 Å². The molecule has 1 heterocycles. The lowest BCUT2D eigenvalue weighted by Gasteiger charge is -2.20. The molecule has 1 aliphatic carbocycles. The Balaban J connectivity index is 2.47. The lowest BCUT2D eigenvalue weighted by atomic mass is 10.0. The predicted octanol–water partition coefficient (Wildman–Crippen LogP) is 2.06. The average molecular weight is 276 g/mol. The van der Waals surface area contributed by atoms with Crippen molar-refractivity contribution >= 4 is 28.9 Å². The van der Waals surface area contributed by atoms with Crippen molar-refractivity contribution in [2.45, 2.75) is 6.04 Å². The molecule has 62 valence electrons. The highest BCUT2D eigenvalue weighted by Crippen LogP contribution is 2.29. The first kappa shape index (κ1) is 7.97. The topological polar surface area (TPSA) is 24.4 Å². The van der Waals surface area contributed by atoms with E-state index in [1.165, 1.54) is 6.08 Å². The quantitative estimate of drug-likeness (QED) is 0.531. The van der Waals surface area contributed by atoms with Crippen molar-refractivity contribution in [1.29, 1.82) is 0 Å². The van der Waals surface area contributed by atoms with Gasteiger partial charge in [-0.25, -0.2) is 4.39 Å². The second kappa shape index (κ2) is 3.01. The number of hydrogen-bond acceptors (Lipinski definition) is 2. The van der Waals surface area contributed by atoms with Crippen LogP contribution in [0.25, 0.3) is 0 Å². The number of nitrogens with zero attached hydrogens (tertiary/aromatic N) is 1. The van der Waals surface area contributed by atoms with Crippen LogP contribution in [0.4, 0.5) is 4.39 Å². The summed E-state index contributed by atoms with van der Waals surface area (Å²) >= 11 is 2.07. The predicted molar refractivity (Wildman–Crippen MR) is 54.8 cm³/mol. The zero-order valence-electron chi connectivity index (χ0n) is 6.09. The van der Waals surface area contributed by atoms with E-state index in [1.54, 1.807) is 12.4 Å². The van der Waals surface area contributed by atoms with Crippen molar-refractivity contribution in [2.75, 3.05) is 0 Å². The fourth-order valence-corrected chi connectivity index (χ4v) is 1.90. The summed E-state index contributed by atoms with van der Waals surface area (Å²) in [5, 5.41) is 2.87. The average Bonchev–Trinajstić information content (AvgIpc) is 2.04. The SMILES string of the molecule is FC1=CC=CC2N=CNC(I)=C12. The molecule has 2 aliphatic rings. The fourth-order valence-electron chi connectivity index (χ4n) is 1.18. The maximum atomic E-state index is 13.2. The Labute approximate surface area is 83.1 Å². The molecule has 0 radical (unpaired) electrons. The van der Waals surface area contributed by atoms with Crippen LogP contribution in [-0.2, 0) is 0 Å². The van der Waals surface area contributed by atoms with Gasteiger partial charge < -0.3 is 5.32 Å². The van der Waals surface area contributed by atoms with Crippen LogP contribution in [0.15, 0.2) is 38.3 Å². The van der Waals surface area contributed by atoms with Crippen LogP contribution in [-0.4, -0.2) is 12.4 Å².